The minimum absolute atomic E-state index is 0.111. The first kappa shape index (κ1) is 18.2. The third-order valence-electron chi connectivity index (χ3n) is 4.35. The molecule has 0 aliphatic carbocycles. The Balaban J connectivity index is 2.13. The molecule has 0 unspecified atom stereocenters. The van der Waals surface area contributed by atoms with Gasteiger partial charge in [-0.25, -0.2) is 13.1 Å². The van der Waals surface area contributed by atoms with E-state index in [1.807, 2.05) is 21.0 Å². The van der Waals surface area contributed by atoms with E-state index in [-0.39, 0.29) is 11.8 Å². The average molecular weight is 340 g/mol. The SMILES string of the molecule is CCCS(=O)(=O)NC[C@H](c1ccc(N(C)C)cc1)N1CCCC1. The van der Waals surface area contributed by atoms with Crippen LogP contribution in [0.5, 0.6) is 0 Å². The fraction of sp³-hybridized carbons (Fsp3) is 0.647. The largest absolute Gasteiger partial charge is 0.378 e. The van der Waals surface area contributed by atoms with Crippen molar-refractivity contribution in [2.45, 2.75) is 32.2 Å². The number of anilines is 1. The predicted octanol–water partition coefficient (Wildman–Crippen LogP) is 2.22. The van der Waals surface area contributed by atoms with E-state index < -0.39 is 10.0 Å². The molecule has 0 saturated carbocycles. The highest BCUT2D eigenvalue weighted by Gasteiger charge is 2.25. The summed E-state index contributed by atoms with van der Waals surface area (Å²) in [6, 6.07) is 8.54. The third-order valence-corrected chi connectivity index (χ3v) is 5.90. The van der Waals surface area contributed by atoms with Crippen molar-refractivity contribution in [3.63, 3.8) is 0 Å². The predicted molar refractivity (Wildman–Crippen MR) is 96.4 cm³/mol. The van der Waals surface area contributed by atoms with E-state index in [4.69, 9.17) is 0 Å². The molecule has 23 heavy (non-hydrogen) atoms. The topological polar surface area (TPSA) is 52.7 Å². The standard InChI is InChI=1S/C17H29N3O2S/c1-4-13-23(21,22)18-14-17(20-11-5-6-12-20)15-7-9-16(10-8-15)19(2)3/h7-10,17-18H,4-6,11-14H2,1-3H3/t17-/m1/s1. The fourth-order valence-corrected chi connectivity index (χ4v) is 4.15. The number of sulfonamides is 1. The number of benzene rings is 1. The van der Waals surface area contributed by atoms with Gasteiger partial charge < -0.3 is 4.90 Å². The molecule has 0 amide bonds. The van der Waals surface area contributed by atoms with E-state index in [9.17, 15) is 8.42 Å². The molecule has 0 radical (unpaired) electrons. The van der Waals surface area contributed by atoms with Crippen molar-refractivity contribution in [2.75, 3.05) is 44.4 Å². The average Bonchev–Trinajstić information content (AvgIpc) is 3.02. The molecule has 1 aromatic carbocycles. The van der Waals surface area contributed by atoms with Gasteiger partial charge in [-0.3, -0.25) is 4.90 Å². The molecular weight excluding hydrogens is 310 g/mol. The lowest BCUT2D eigenvalue weighted by molar-refractivity contribution is 0.246. The molecule has 5 nitrogen and oxygen atoms in total. The summed E-state index contributed by atoms with van der Waals surface area (Å²) in [5, 5.41) is 0. The van der Waals surface area contributed by atoms with Crippen LogP contribution in [0.1, 0.15) is 37.8 Å². The zero-order valence-corrected chi connectivity index (χ0v) is 15.3. The zero-order chi connectivity index (χ0) is 16.9. The molecule has 1 aliphatic heterocycles. The molecule has 6 heteroatoms. The molecule has 1 heterocycles. The molecule has 1 fully saturated rings. The normalized spacial score (nSPS) is 17.3. The van der Waals surface area contributed by atoms with E-state index in [0.717, 1.165) is 18.8 Å². The van der Waals surface area contributed by atoms with Gasteiger partial charge in [0.25, 0.3) is 0 Å². The second kappa shape index (κ2) is 8.13. The van der Waals surface area contributed by atoms with Gasteiger partial charge in [-0.1, -0.05) is 19.1 Å². The molecule has 1 atom stereocenters. The van der Waals surface area contributed by atoms with Gasteiger partial charge >= 0.3 is 0 Å². The quantitative estimate of drug-likeness (QED) is 0.789. The molecule has 1 aliphatic rings. The van der Waals surface area contributed by atoms with Crippen molar-refractivity contribution >= 4 is 15.7 Å². The van der Waals surface area contributed by atoms with E-state index in [1.165, 1.54) is 18.4 Å². The van der Waals surface area contributed by atoms with Gasteiger partial charge in [0.2, 0.25) is 10.0 Å². The maximum Gasteiger partial charge on any atom is 0.211 e. The van der Waals surface area contributed by atoms with E-state index in [0.29, 0.717) is 13.0 Å². The number of likely N-dealkylation sites (tertiary alicyclic amines) is 1. The monoisotopic (exact) mass is 339 g/mol. The summed E-state index contributed by atoms with van der Waals surface area (Å²) in [5.74, 6) is 0.194. The second-order valence-electron chi connectivity index (χ2n) is 6.41. The summed E-state index contributed by atoms with van der Waals surface area (Å²) >= 11 is 0. The summed E-state index contributed by atoms with van der Waals surface area (Å²) in [5.41, 5.74) is 2.33. The summed E-state index contributed by atoms with van der Waals surface area (Å²) < 4.78 is 26.8. The van der Waals surface area contributed by atoms with Gasteiger partial charge in [-0.05, 0) is 50.0 Å². The Morgan fingerprint density at radius 2 is 1.78 bits per heavy atom. The van der Waals surface area contributed by atoms with Gasteiger partial charge in [0, 0.05) is 32.4 Å². The van der Waals surface area contributed by atoms with Crippen LogP contribution in [0.4, 0.5) is 5.69 Å². The van der Waals surface area contributed by atoms with Crippen LogP contribution in [0.2, 0.25) is 0 Å². The Morgan fingerprint density at radius 3 is 2.30 bits per heavy atom. The summed E-state index contributed by atoms with van der Waals surface area (Å²) in [7, 11) is 0.869. The van der Waals surface area contributed by atoms with Crippen LogP contribution < -0.4 is 9.62 Å². The van der Waals surface area contributed by atoms with E-state index in [2.05, 4.69) is 38.8 Å². The van der Waals surface area contributed by atoms with E-state index in [1.54, 1.807) is 0 Å². The van der Waals surface area contributed by atoms with Gasteiger partial charge in [-0.2, -0.15) is 0 Å². The lowest BCUT2D eigenvalue weighted by atomic mass is 10.1. The first-order chi connectivity index (χ1) is 10.9. The van der Waals surface area contributed by atoms with Crippen LogP contribution in [-0.2, 0) is 10.0 Å². The fourth-order valence-electron chi connectivity index (χ4n) is 3.05. The summed E-state index contributed by atoms with van der Waals surface area (Å²) in [6.45, 7) is 4.41. The van der Waals surface area contributed by atoms with Crippen LogP contribution in [0, 0.1) is 0 Å². The number of rotatable bonds is 8. The molecule has 130 valence electrons. The van der Waals surface area contributed by atoms with Crippen molar-refractivity contribution in [3.8, 4) is 0 Å². The number of nitrogens with zero attached hydrogens (tertiary/aromatic N) is 2. The Hall–Kier alpha value is -1.11. The lowest BCUT2D eigenvalue weighted by Gasteiger charge is -2.28. The maximum atomic E-state index is 12.0. The van der Waals surface area contributed by atoms with Crippen LogP contribution >= 0.6 is 0 Å². The Morgan fingerprint density at radius 1 is 1.17 bits per heavy atom. The molecule has 2 rings (SSSR count). The maximum absolute atomic E-state index is 12.0. The van der Waals surface area contributed by atoms with Crippen LogP contribution in [-0.4, -0.2) is 52.8 Å². The Labute approximate surface area is 140 Å². The summed E-state index contributed by atoms with van der Waals surface area (Å²) in [6.07, 6.45) is 3.02. The van der Waals surface area contributed by atoms with E-state index >= 15 is 0 Å². The summed E-state index contributed by atoms with van der Waals surface area (Å²) in [4.78, 5) is 4.46. The molecule has 1 N–H and O–H groups in total. The second-order valence-corrected chi connectivity index (χ2v) is 8.34. The molecular formula is C17H29N3O2S. The Bertz CT molecular complexity index is 578. The first-order valence-electron chi connectivity index (χ1n) is 8.41. The zero-order valence-electron chi connectivity index (χ0n) is 14.5. The highest BCUT2D eigenvalue weighted by molar-refractivity contribution is 7.89. The number of hydrogen-bond acceptors (Lipinski definition) is 4. The molecule has 1 saturated heterocycles. The lowest BCUT2D eigenvalue weighted by Crippen LogP contribution is -2.37. The smallest absolute Gasteiger partial charge is 0.211 e. The van der Waals surface area contributed by atoms with Gasteiger partial charge in [-0.15, -0.1) is 0 Å². The number of nitrogens with one attached hydrogen (secondary N) is 1. The first-order valence-corrected chi connectivity index (χ1v) is 10.1. The van der Waals surface area contributed by atoms with Crippen LogP contribution in [0.15, 0.2) is 24.3 Å². The molecule has 0 aromatic heterocycles. The van der Waals surface area contributed by atoms with Crippen molar-refractivity contribution in [1.29, 1.82) is 0 Å². The molecule has 0 bridgehead atoms. The minimum Gasteiger partial charge on any atom is -0.378 e. The van der Waals surface area contributed by atoms with Crippen LogP contribution in [0.25, 0.3) is 0 Å². The van der Waals surface area contributed by atoms with Gasteiger partial charge in [0.05, 0.1) is 5.75 Å². The van der Waals surface area contributed by atoms with Crippen LogP contribution in [0.3, 0.4) is 0 Å². The van der Waals surface area contributed by atoms with Gasteiger partial charge in [0.1, 0.15) is 0 Å². The molecule has 0 spiro atoms. The highest BCUT2D eigenvalue weighted by Crippen LogP contribution is 2.26. The minimum atomic E-state index is -3.17. The van der Waals surface area contributed by atoms with Crippen molar-refractivity contribution in [2.24, 2.45) is 0 Å². The molecule has 1 aromatic rings. The highest BCUT2D eigenvalue weighted by atomic mass is 32.2. The van der Waals surface area contributed by atoms with Crippen molar-refractivity contribution in [3.05, 3.63) is 29.8 Å². The third kappa shape index (κ3) is 5.19. The number of hydrogen-bond donors (Lipinski definition) is 1. The van der Waals surface area contributed by atoms with Crippen molar-refractivity contribution < 1.29 is 8.42 Å². The Kier molecular flexibility index (Phi) is 6.44. The van der Waals surface area contributed by atoms with Crippen molar-refractivity contribution in [1.82, 2.24) is 9.62 Å². The van der Waals surface area contributed by atoms with Gasteiger partial charge in [0.15, 0.2) is 0 Å².